The molecule has 0 aromatic rings. The predicted octanol–water partition coefficient (Wildman–Crippen LogP) is -0.604. The van der Waals surface area contributed by atoms with Crippen LogP contribution in [0.5, 0.6) is 0 Å². The van der Waals surface area contributed by atoms with Gasteiger partial charge >= 0.3 is 0 Å². The van der Waals surface area contributed by atoms with Crippen molar-refractivity contribution < 1.29 is 14.3 Å². The van der Waals surface area contributed by atoms with Gasteiger partial charge < -0.3 is 20.7 Å². The Kier molecular flexibility index (Phi) is 6.67. The highest BCUT2D eigenvalue weighted by atomic mass is 16.5. The smallest absolute Gasteiger partial charge is 0.242 e. The van der Waals surface area contributed by atoms with Crippen molar-refractivity contribution >= 4 is 11.8 Å². The number of carbonyl (C=O) groups excluding carboxylic acids is 2. The Hall–Kier alpha value is -1.14. The maximum atomic E-state index is 11.9. The normalized spacial score (nSPS) is 21.1. The largest absolute Gasteiger partial charge is 0.383 e. The minimum Gasteiger partial charge on any atom is -0.383 e. The van der Waals surface area contributed by atoms with Gasteiger partial charge in [-0.05, 0) is 26.3 Å². The number of hydrogen-bond donors (Lipinski definition) is 3. The average Bonchev–Trinajstić information content (AvgIpc) is 2.39. The Morgan fingerprint density at radius 2 is 2.22 bits per heavy atom. The van der Waals surface area contributed by atoms with Gasteiger partial charge in [0.25, 0.3) is 0 Å². The first kappa shape index (κ1) is 14.9. The van der Waals surface area contributed by atoms with Crippen molar-refractivity contribution in [2.24, 2.45) is 0 Å². The second-order valence-electron chi connectivity index (χ2n) is 4.52. The standard InChI is InChI=1S/C12H23N3O3/c1-9(11(16)14-7-8-18-2)15-12(17)10-5-3-4-6-13-10/h9-10,13H,3-8H2,1-2H3,(H,14,16)(H,15,17)/t9?,10-/m0/s1. The zero-order chi connectivity index (χ0) is 13.4. The predicted molar refractivity (Wildman–Crippen MR) is 68.1 cm³/mol. The van der Waals surface area contributed by atoms with Crippen LogP contribution in [0.1, 0.15) is 26.2 Å². The van der Waals surface area contributed by atoms with E-state index in [1.54, 1.807) is 14.0 Å². The number of methoxy groups -OCH3 is 1. The Balaban J connectivity index is 2.27. The third-order valence-electron chi connectivity index (χ3n) is 2.98. The summed E-state index contributed by atoms with van der Waals surface area (Å²) in [5, 5.41) is 8.57. The summed E-state index contributed by atoms with van der Waals surface area (Å²) in [6.07, 6.45) is 3.00. The summed E-state index contributed by atoms with van der Waals surface area (Å²) in [4.78, 5) is 23.5. The summed E-state index contributed by atoms with van der Waals surface area (Å²) in [5.74, 6) is -0.277. The van der Waals surface area contributed by atoms with E-state index in [2.05, 4.69) is 16.0 Å². The molecule has 1 fully saturated rings. The molecule has 104 valence electrons. The van der Waals surface area contributed by atoms with E-state index in [4.69, 9.17) is 4.74 Å². The van der Waals surface area contributed by atoms with Crippen molar-refractivity contribution in [1.82, 2.24) is 16.0 Å². The van der Waals surface area contributed by atoms with Gasteiger partial charge in [0.1, 0.15) is 6.04 Å². The summed E-state index contributed by atoms with van der Waals surface area (Å²) in [5.41, 5.74) is 0. The fraction of sp³-hybridized carbons (Fsp3) is 0.833. The van der Waals surface area contributed by atoms with Gasteiger partial charge in [-0.3, -0.25) is 9.59 Å². The molecule has 0 aromatic heterocycles. The van der Waals surface area contributed by atoms with Crippen molar-refractivity contribution in [1.29, 1.82) is 0 Å². The lowest BCUT2D eigenvalue weighted by atomic mass is 10.0. The Bertz CT molecular complexity index is 278. The zero-order valence-corrected chi connectivity index (χ0v) is 11.1. The highest BCUT2D eigenvalue weighted by Gasteiger charge is 2.23. The lowest BCUT2D eigenvalue weighted by Crippen LogP contribution is -2.52. The van der Waals surface area contributed by atoms with Crippen LogP contribution < -0.4 is 16.0 Å². The molecule has 0 saturated carbocycles. The number of amides is 2. The van der Waals surface area contributed by atoms with E-state index in [-0.39, 0.29) is 17.9 Å². The number of piperidine rings is 1. The van der Waals surface area contributed by atoms with E-state index < -0.39 is 6.04 Å². The second kappa shape index (κ2) is 8.05. The van der Waals surface area contributed by atoms with Crippen LogP contribution in [0.25, 0.3) is 0 Å². The van der Waals surface area contributed by atoms with Crippen LogP contribution >= 0.6 is 0 Å². The Labute approximate surface area is 108 Å². The van der Waals surface area contributed by atoms with Crippen LogP contribution in [0, 0.1) is 0 Å². The van der Waals surface area contributed by atoms with E-state index >= 15 is 0 Å². The number of carbonyl (C=O) groups is 2. The molecule has 0 bridgehead atoms. The van der Waals surface area contributed by atoms with Crippen molar-refractivity contribution in [3.63, 3.8) is 0 Å². The van der Waals surface area contributed by atoms with Crippen LogP contribution in [0.2, 0.25) is 0 Å². The van der Waals surface area contributed by atoms with Gasteiger partial charge in [-0.15, -0.1) is 0 Å². The third kappa shape index (κ3) is 5.01. The molecule has 1 aliphatic rings. The van der Waals surface area contributed by atoms with Crippen LogP contribution in [0.15, 0.2) is 0 Å². The minimum atomic E-state index is -0.516. The van der Waals surface area contributed by atoms with Gasteiger partial charge in [0.2, 0.25) is 11.8 Å². The van der Waals surface area contributed by atoms with E-state index in [9.17, 15) is 9.59 Å². The molecule has 2 atom stereocenters. The molecule has 2 amide bonds. The molecule has 18 heavy (non-hydrogen) atoms. The van der Waals surface area contributed by atoms with Gasteiger partial charge in [-0.2, -0.15) is 0 Å². The quantitative estimate of drug-likeness (QED) is 0.555. The van der Waals surface area contributed by atoms with E-state index in [0.29, 0.717) is 13.2 Å². The number of nitrogens with one attached hydrogen (secondary N) is 3. The van der Waals surface area contributed by atoms with E-state index in [1.807, 2.05) is 0 Å². The molecule has 6 heteroatoms. The molecular formula is C12H23N3O3. The van der Waals surface area contributed by atoms with Gasteiger partial charge in [-0.25, -0.2) is 0 Å². The maximum absolute atomic E-state index is 11.9. The number of hydrogen-bond acceptors (Lipinski definition) is 4. The first-order valence-corrected chi connectivity index (χ1v) is 6.45. The van der Waals surface area contributed by atoms with Crippen LogP contribution in [0.4, 0.5) is 0 Å². The molecule has 6 nitrogen and oxygen atoms in total. The van der Waals surface area contributed by atoms with Crippen molar-refractivity contribution in [2.75, 3.05) is 26.8 Å². The Morgan fingerprint density at radius 1 is 1.44 bits per heavy atom. The fourth-order valence-electron chi connectivity index (χ4n) is 1.88. The van der Waals surface area contributed by atoms with Crippen LogP contribution in [-0.2, 0) is 14.3 Å². The minimum absolute atomic E-state index is 0.0934. The van der Waals surface area contributed by atoms with Crippen LogP contribution in [0.3, 0.4) is 0 Å². The first-order chi connectivity index (χ1) is 8.65. The summed E-state index contributed by atoms with van der Waals surface area (Å²) < 4.78 is 4.84. The number of rotatable bonds is 6. The molecule has 1 aliphatic heterocycles. The monoisotopic (exact) mass is 257 g/mol. The Morgan fingerprint density at radius 3 is 2.83 bits per heavy atom. The van der Waals surface area contributed by atoms with Gasteiger partial charge in [-0.1, -0.05) is 6.42 Å². The third-order valence-corrected chi connectivity index (χ3v) is 2.98. The fourth-order valence-corrected chi connectivity index (χ4v) is 1.88. The zero-order valence-electron chi connectivity index (χ0n) is 11.1. The summed E-state index contributed by atoms with van der Waals surface area (Å²) in [6, 6.07) is -0.675. The lowest BCUT2D eigenvalue weighted by molar-refractivity contribution is -0.130. The molecule has 0 spiro atoms. The topological polar surface area (TPSA) is 79.5 Å². The average molecular weight is 257 g/mol. The van der Waals surface area contributed by atoms with Crippen molar-refractivity contribution in [2.45, 2.75) is 38.3 Å². The number of ether oxygens (including phenoxy) is 1. The second-order valence-corrected chi connectivity index (χ2v) is 4.52. The summed E-state index contributed by atoms with van der Waals surface area (Å²) >= 11 is 0. The van der Waals surface area contributed by atoms with E-state index in [1.165, 1.54) is 0 Å². The van der Waals surface area contributed by atoms with Crippen molar-refractivity contribution in [3.8, 4) is 0 Å². The molecule has 1 saturated heterocycles. The van der Waals surface area contributed by atoms with Crippen LogP contribution in [-0.4, -0.2) is 50.7 Å². The SMILES string of the molecule is COCCNC(=O)C(C)NC(=O)[C@@H]1CCCCN1. The molecule has 0 aromatic carbocycles. The lowest BCUT2D eigenvalue weighted by Gasteiger charge is -2.24. The molecule has 3 N–H and O–H groups in total. The van der Waals surface area contributed by atoms with Gasteiger partial charge in [0, 0.05) is 13.7 Å². The highest BCUT2D eigenvalue weighted by Crippen LogP contribution is 2.06. The highest BCUT2D eigenvalue weighted by molar-refractivity contribution is 5.89. The molecule has 1 unspecified atom stereocenters. The molecule has 0 radical (unpaired) electrons. The summed E-state index contributed by atoms with van der Waals surface area (Å²) in [6.45, 7) is 3.48. The maximum Gasteiger partial charge on any atom is 0.242 e. The summed E-state index contributed by atoms with van der Waals surface area (Å²) in [7, 11) is 1.58. The first-order valence-electron chi connectivity index (χ1n) is 6.45. The van der Waals surface area contributed by atoms with Crippen molar-refractivity contribution in [3.05, 3.63) is 0 Å². The molecule has 1 rings (SSSR count). The molecular weight excluding hydrogens is 234 g/mol. The van der Waals surface area contributed by atoms with Gasteiger partial charge in [0.15, 0.2) is 0 Å². The molecule has 1 heterocycles. The van der Waals surface area contributed by atoms with Gasteiger partial charge in [0.05, 0.1) is 12.6 Å². The van der Waals surface area contributed by atoms with E-state index in [0.717, 1.165) is 25.8 Å². The molecule has 0 aliphatic carbocycles.